The van der Waals surface area contributed by atoms with Crippen LogP contribution < -0.4 is 10.5 Å². The summed E-state index contributed by atoms with van der Waals surface area (Å²) in [7, 11) is 0. The third kappa shape index (κ3) is 3.75. The van der Waals surface area contributed by atoms with Crippen LogP contribution in [-0.2, 0) is 6.54 Å². The Hall–Kier alpha value is -1.45. The maximum absolute atomic E-state index is 12.0. The molecule has 0 fully saturated rings. The molecule has 0 saturated heterocycles. The van der Waals surface area contributed by atoms with Gasteiger partial charge in [0, 0.05) is 0 Å². The van der Waals surface area contributed by atoms with Crippen LogP contribution in [0.25, 0.3) is 0 Å². The van der Waals surface area contributed by atoms with Crippen molar-refractivity contribution >= 4 is 28.4 Å². The van der Waals surface area contributed by atoms with E-state index in [1.54, 1.807) is 10.9 Å². The molecule has 2 rings (SSSR count). The van der Waals surface area contributed by atoms with E-state index >= 15 is 0 Å². The summed E-state index contributed by atoms with van der Waals surface area (Å²) in [5, 5.41) is 4.07. The number of hydrogen-bond donors (Lipinski definition) is 1. The Balaban J connectivity index is 2.09. The van der Waals surface area contributed by atoms with Crippen LogP contribution in [-0.4, -0.2) is 16.1 Å². The van der Waals surface area contributed by atoms with Crippen molar-refractivity contribution in [1.82, 2.24) is 9.78 Å². The highest BCUT2D eigenvalue weighted by molar-refractivity contribution is 14.1. The van der Waals surface area contributed by atoms with Crippen molar-refractivity contribution in [1.29, 1.82) is 0 Å². The Kier molecular flexibility index (Phi) is 3.88. The van der Waals surface area contributed by atoms with Gasteiger partial charge in [0.15, 0.2) is 0 Å². The largest absolute Gasteiger partial charge is 0.573 e. The molecule has 0 aliphatic heterocycles. The van der Waals surface area contributed by atoms with Crippen LogP contribution in [0.2, 0.25) is 0 Å². The number of benzene rings is 1. The summed E-state index contributed by atoms with van der Waals surface area (Å²) in [4.78, 5) is 0. The lowest BCUT2D eigenvalue weighted by Gasteiger charge is -2.09. The van der Waals surface area contributed by atoms with E-state index in [0.29, 0.717) is 12.4 Å². The zero-order chi connectivity index (χ0) is 14.0. The molecular weight excluding hydrogens is 374 g/mol. The van der Waals surface area contributed by atoms with Gasteiger partial charge in [0.1, 0.15) is 11.6 Å². The zero-order valence-electron chi connectivity index (χ0n) is 9.49. The van der Waals surface area contributed by atoms with Crippen molar-refractivity contribution in [3.05, 3.63) is 39.6 Å². The maximum Gasteiger partial charge on any atom is 0.573 e. The molecule has 0 spiro atoms. The number of rotatable bonds is 3. The van der Waals surface area contributed by atoms with Crippen molar-refractivity contribution < 1.29 is 17.9 Å². The number of nitrogens with zero attached hydrogens (tertiary/aromatic N) is 2. The molecule has 0 saturated carbocycles. The first kappa shape index (κ1) is 14.0. The summed E-state index contributed by atoms with van der Waals surface area (Å²) in [6.45, 7) is 0.390. The monoisotopic (exact) mass is 383 g/mol. The normalized spacial score (nSPS) is 11.6. The van der Waals surface area contributed by atoms with Crippen molar-refractivity contribution in [3.63, 3.8) is 0 Å². The molecule has 0 atom stereocenters. The SMILES string of the molecule is Nc1c(I)cnn1Cc1ccc(OC(F)(F)F)cc1. The fourth-order valence-electron chi connectivity index (χ4n) is 1.47. The molecule has 1 heterocycles. The average Bonchev–Trinajstić information content (AvgIpc) is 2.62. The number of aromatic nitrogens is 2. The molecule has 2 aromatic rings. The third-order valence-corrected chi connectivity index (χ3v) is 3.15. The highest BCUT2D eigenvalue weighted by atomic mass is 127. The molecule has 1 aromatic carbocycles. The second-order valence-corrected chi connectivity index (χ2v) is 4.89. The van der Waals surface area contributed by atoms with E-state index in [2.05, 4.69) is 32.4 Å². The van der Waals surface area contributed by atoms with Gasteiger partial charge in [-0.05, 0) is 40.3 Å². The third-order valence-electron chi connectivity index (χ3n) is 2.32. The van der Waals surface area contributed by atoms with Crippen molar-refractivity contribution in [2.75, 3.05) is 5.73 Å². The fraction of sp³-hybridized carbons (Fsp3) is 0.182. The molecule has 1 aromatic heterocycles. The van der Waals surface area contributed by atoms with Crippen LogP contribution in [0.4, 0.5) is 19.0 Å². The Bertz CT molecular complexity index is 566. The number of alkyl halides is 3. The number of halogens is 4. The second-order valence-electron chi connectivity index (χ2n) is 3.73. The minimum Gasteiger partial charge on any atom is -0.406 e. The topological polar surface area (TPSA) is 53.1 Å². The van der Waals surface area contributed by atoms with Gasteiger partial charge in [-0.2, -0.15) is 5.10 Å². The summed E-state index contributed by atoms with van der Waals surface area (Å²) in [5.41, 5.74) is 6.56. The van der Waals surface area contributed by atoms with Crippen LogP contribution in [0.15, 0.2) is 30.5 Å². The molecule has 0 aliphatic carbocycles. The first-order valence-corrected chi connectivity index (χ1v) is 6.24. The summed E-state index contributed by atoms with van der Waals surface area (Å²) < 4.78 is 42.2. The first-order valence-electron chi connectivity index (χ1n) is 5.16. The smallest absolute Gasteiger partial charge is 0.406 e. The Labute approximate surface area is 120 Å². The van der Waals surface area contributed by atoms with E-state index in [1.807, 2.05) is 0 Å². The minimum atomic E-state index is -4.68. The van der Waals surface area contributed by atoms with Crippen LogP contribution in [0, 0.1) is 3.57 Å². The van der Waals surface area contributed by atoms with Crippen molar-refractivity contribution in [2.24, 2.45) is 0 Å². The summed E-state index contributed by atoms with van der Waals surface area (Å²) in [6, 6.07) is 5.59. The molecule has 0 unspecified atom stereocenters. The molecule has 0 aliphatic rings. The number of nitrogens with two attached hydrogens (primary N) is 1. The minimum absolute atomic E-state index is 0.251. The van der Waals surface area contributed by atoms with Crippen LogP contribution in [0.1, 0.15) is 5.56 Å². The molecule has 19 heavy (non-hydrogen) atoms. The van der Waals surface area contributed by atoms with Crippen LogP contribution in [0.3, 0.4) is 0 Å². The molecule has 0 amide bonds. The number of nitrogen functional groups attached to an aromatic ring is 1. The average molecular weight is 383 g/mol. The Morgan fingerprint density at radius 3 is 2.37 bits per heavy atom. The van der Waals surface area contributed by atoms with E-state index in [4.69, 9.17) is 5.73 Å². The quantitative estimate of drug-likeness (QED) is 0.830. The molecule has 8 heteroatoms. The van der Waals surface area contributed by atoms with E-state index in [-0.39, 0.29) is 5.75 Å². The van der Waals surface area contributed by atoms with Gasteiger partial charge in [-0.1, -0.05) is 12.1 Å². The predicted octanol–water partition coefficient (Wildman–Crippen LogP) is 3.02. The van der Waals surface area contributed by atoms with Crippen LogP contribution in [0.5, 0.6) is 5.75 Å². The van der Waals surface area contributed by atoms with Gasteiger partial charge in [-0.25, -0.2) is 4.68 Å². The number of ether oxygens (including phenoxy) is 1. The molecule has 102 valence electrons. The van der Waals surface area contributed by atoms with Gasteiger partial charge in [0.25, 0.3) is 0 Å². The molecule has 0 bridgehead atoms. The van der Waals surface area contributed by atoms with E-state index in [9.17, 15) is 13.2 Å². The van der Waals surface area contributed by atoms with Gasteiger partial charge in [-0.15, -0.1) is 13.2 Å². The zero-order valence-corrected chi connectivity index (χ0v) is 11.6. The highest BCUT2D eigenvalue weighted by Gasteiger charge is 2.30. The van der Waals surface area contributed by atoms with E-state index < -0.39 is 6.36 Å². The number of anilines is 1. The lowest BCUT2D eigenvalue weighted by atomic mass is 10.2. The first-order chi connectivity index (χ1) is 8.85. The van der Waals surface area contributed by atoms with Crippen molar-refractivity contribution in [2.45, 2.75) is 12.9 Å². The summed E-state index contributed by atoms with van der Waals surface area (Å²) >= 11 is 2.05. The van der Waals surface area contributed by atoms with Gasteiger partial charge < -0.3 is 10.5 Å². The molecule has 0 radical (unpaired) electrons. The van der Waals surface area contributed by atoms with Gasteiger partial charge in [0.05, 0.1) is 16.3 Å². The van der Waals surface area contributed by atoms with Crippen molar-refractivity contribution in [3.8, 4) is 5.75 Å². The lowest BCUT2D eigenvalue weighted by Crippen LogP contribution is -2.17. The van der Waals surface area contributed by atoms with E-state index in [0.717, 1.165) is 9.13 Å². The maximum atomic E-state index is 12.0. The van der Waals surface area contributed by atoms with Gasteiger partial charge >= 0.3 is 6.36 Å². The second kappa shape index (κ2) is 5.27. The predicted molar refractivity (Wildman–Crippen MR) is 71.6 cm³/mol. The van der Waals surface area contributed by atoms with Crippen LogP contribution >= 0.6 is 22.6 Å². The lowest BCUT2D eigenvalue weighted by molar-refractivity contribution is -0.274. The fourth-order valence-corrected chi connectivity index (χ4v) is 1.87. The van der Waals surface area contributed by atoms with E-state index in [1.165, 1.54) is 24.3 Å². The summed E-state index contributed by atoms with van der Waals surface area (Å²) in [5.74, 6) is 0.274. The molecular formula is C11H9F3IN3O. The summed E-state index contributed by atoms with van der Waals surface area (Å²) in [6.07, 6.45) is -3.05. The Morgan fingerprint density at radius 1 is 1.26 bits per heavy atom. The van der Waals surface area contributed by atoms with Gasteiger partial charge in [-0.3, -0.25) is 0 Å². The standard InChI is InChI=1S/C11H9F3IN3O/c12-11(13,14)19-8-3-1-7(2-4-8)6-18-10(16)9(15)5-17-18/h1-5H,6,16H2. The number of hydrogen-bond acceptors (Lipinski definition) is 3. The molecule has 4 nitrogen and oxygen atoms in total. The molecule has 2 N–H and O–H groups in total. The Morgan fingerprint density at radius 2 is 1.89 bits per heavy atom. The highest BCUT2D eigenvalue weighted by Crippen LogP contribution is 2.23. The van der Waals surface area contributed by atoms with Gasteiger partial charge in [0.2, 0.25) is 0 Å².